The Balaban J connectivity index is 2.34. The van der Waals surface area contributed by atoms with Crippen molar-refractivity contribution in [3.05, 3.63) is 35.5 Å². The fraction of sp³-hybridized carbons (Fsp3) is 0.429. The predicted molar refractivity (Wildman–Crippen MR) is 83.5 cm³/mol. The summed E-state index contributed by atoms with van der Waals surface area (Å²) in [7, 11) is 1.80. The van der Waals surface area contributed by atoms with Gasteiger partial charge in [0.25, 0.3) is 0 Å². The molecule has 0 aliphatic carbocycles. The Bertz CT molecular complexity index is 437. The molecule has 1 amide bonds. The number of anilines is 1. The highest BCUT2D eigenvalue weighted by molar-refractivity contribution is 9.10. The van der Waals surface area contributed by atoms with Gasteiger partial charge in [0, 0.05) is 17.2 Å². The van der Waals surface area contributed by atoms with Crippen LogP contribution in [0.1, 0.15) is 12.8 Å². The number of amides is 1. The zero-order valence-corrected chi connectivity index (χ0v) is 13.1. The molecule has 1 heterocycles. The number of nitrogens with one attached hydrogen (secondary N) is 1. The van der Waals surface area contributed by atoms with Crippen LogP contribution < -0.4 is 5.32 Å². The molecule has 0 bridgehead atoms. The van der Waals surface area contributed by atoms with Gasteiger partial charge in [-0.3, -0.25) is 9.69 Å². The third kappa shape index (κ3) is 6.79. The van der Waals surface area contributed by atoms with Crippen LogP contribution in [0.5, 0.6) is 0 Å². The number of carbonyl (C=O) groups excluding carboxylic acids is 1. The van der Waals surface area contributed by atoms with Crippen molar-refractivity contribution in [1.29, 1.82) is 0 Å². The standard InChI is InChI=1S/C14H20BrN3O2/c1-3-4-5-12(19)9-18(2)10-14(20)17-13-7-6-11(15)8-16-13/h3,6-8,12,19H,1,4-5,9-10H2,2H3,(H,16,17,20). The minimum Gasteiger partial charge on any atom is -0.392 e. The molecule has 5 nitrogen and oxygen atoms in total. The van der Waals surface area contributed by atoms with Crippen LogP contribution >= 0.6 is 15.9 Å². The van der Waals surface area contributed by atoms with E-state index < -0.39 is 6.10 Å². The summed E-state index contributed by atoms with van der Waals surface area (Å²) < 4.78 is 0.859. The van der Waals surface area contributed by atoms with Crippen molar-refractivity contribution in [1.82, 2.24) is 9.88 Å². The highest BCUT2D eigenvalue weighted by Crippen LogP contribution is 2.10. The number of aromatic nitrogens is 1. The number of aliphatic hydroxyl groups excluding tert-OH is 1. The van der Waals surface area contributed by atoms with E-state index in [2.05, 4.69) is 32.8 Å². The third-order valence-electron chi connectivity index (χ3n) is 2.63. The van der Waals surface area contributed by atoms with E-state index in [4.69, 9.17) is 0 Å². The first-order chi connectivity index (χ1) is 9.51. The molecule has 0 saturated carbocycles. The van der Waals surface area contributed by atoms with E-state index in [1.165, 1.54) is 0 Å². The van der Waals surface area contributed by atoms with E-state index in [0.29, 0.717) is 18.8 Å². The van der Waals surface area contributed by atoms with Crippen LogP contribution in [0, 0.1) is 0 Å². The number of halogens is 1. The molecular weight excluding hydrogens is 322 g/mol. The maximum Gasteiger partial charge on any atom is 0.239 e. The number of hydrogen-bond acceptors (Lipinski definition) is 4. The first-order valence-electron chi connectivity index (χ1n) is 6.40. The van der Waals surface area contributed by atoms with Gasteiger partial charge < -0.3 is 10.4 Å². The van der Waals surface area contributed by atoms with E-state index in [1.54, 1.807) is 30.3 Å². The molecule has 20 heavy (non-hydrogen) atoms. The number of pyridine rings is 1. The highest BCUT2D eigenvalue weighted by Gasteiger charge is 2.11. The molecule has 1 aromatic rings. The van der Waals surface area contributed by atoms with Crippen LogP contribution in [0.4, 0.5) is 5.82 Å². The van der Waals surface area contributed by atoms with Crippen molar-refractivity contribution < 1.29 is 9.90 Å². The molecule has 1 unspecified atom stereocenters. The van der Waals surface area contributed by atoms with Crippen LogP contribution in [0.15, 0.2) is 35.5 Å². The Kier molecular flexibility index (Phi) is 7.43. The molecule has 0 spiro atoms. The number of carbonyl (C=O) groups is 1. The molecule has 0 radical (unpaired) electrons. The second-order valence-corrected chi connectivity index (χ2v) is 5.54. The van der Waals surface area contributed by atoms with Gasteiger partial charge in [-0.2, -0.15) is 0 Å². The second kappa shape index (κ2) is 8.84. The normalized spacial score (nSPS) is 12.2. The zero-order chi connectivity index (χ0) is 15.0. The molecule has 1 rings (SSSR count). The smallest absolute Gasteiger partial charge is 0.239 e. The molecule has 1 atom stereocenters. The van der Waals surface area contributed by atoms with Crippen molar-refractivity contribution in [2.45, 2.75) is 18.9 Å². The molecular formula is C14H20BrN3O2. The van der Waals surface area contributed by atoms with Gasteiger partial charge in [0.2, 0.25) is 5.91 Å². The van der Waals surface area contributed by atoms with Gasteiger partial charge >= 0.3 is 0 Å². The maximum absolute atomic E-state index is 11.8. The molecule has 0 aliphatic rings. The number of nitrogens with zero attached hydrogens (tertiary/aromatic N) is 2. The van der Waals surface area contributed by atoms with Crippen LogP contribution in [0.2, 0.25) is 0 Å². The van der Waals surface area contributed by atoms with Crippen LogP contribution in [-0.2, 0) is 4.79 Å². The molecule has 6 heteroatoms. The van der Waals surface area contributed by atoms with Crippen molar-refractivity contribution in [3.63, 3.8) is 0 Å². The predicted octanol–water partition coefficient (Wildman–Crippen LogP) is 2.04. The molecule has 110 valence electrons. The van der Waals surface area contributed by atoms with E-state index >= 15 is 0 Å². The quantitative estimate of drug-likeness (QED) is 0.710. The molecule has 0 saturated heterocycles. The molecule has 0 fully saturated rings. The van der Waals surface area contributed by atoms with Gasteiger partial charge in [-0.15, -0.1) is 6.58 Å². The lowest BCUT2D eigenvalue weighted by molar-refractivity contribution is -0.117. The monoisotopic (exact) mass is 341 g/mol. The van der Waals surface area contributed by atoms with Crippen molar-refractivity contribution >= 4 is 27.7 Å². The summed E-state index contributed by atoms with van der Waals surface area (Å²) >= 11 is 3.28. The Morgan fingerprint density at radius 2 is 2.40 bits per heavy atom. The largest absolute Gasteiger partial charge is 0.392 e. The summed E-state index contributed by atoms with van der Waals surface area (Å²) in [5, 5.41) is 12.5. The van der Waals surface area contributed by atoms with Gasteiger partial charge in [-0.25, -0.2) is 4.98 Å². The Labute approximate surface area is 127 Å². The summed E-state index contributed by atoms with van der Waals surface area (Å²) in [5.41, 5.74) is 0. The van der Waals surface area contributed by atoms with E-state index in [1.807, 2.05) is 6.07 Å². The Morgan fingerprint density at radius 3 is 3.00 bits per heavy atom. The zero-order valence-electron chi connectivity index (χ0n) is 11.6. The fourth-order valence-corrected chi connectivity index (χ4v) is 1.94. The summed E-state index contributed by atoms with van der Waals surface area (Å²) in [6, 6.07) is 3.53. The van der Waals surface area contributed by atoms with Crippen molar-refractivity contribution in [2.75, 3.05) is 25.5 Å². The molecule has 0 aromatic carbocycles. The summed E-state index contributed by atoms with van der Waals surface area (Å²) in [5.74, 6) is 0.358. The van der Waals surface area contributed by atoms with Gasteiger partial charge in [-0.05, 0) is 48.0 Å². The molecule has 2 N–H and O–H groups in total. The van der Waals surface area contributed by atoms with Crippen molar-refractivity contribution in [3.8, 4) is 0 Å². The summed E-state index contributed by atoms with van der Waals surface area (Å²) in [6.07, 6.45) is 4.37. The number of aliphatic hydroxyl groups is 1. The topological polar surface area (TPSA) is 65.5 Å². The number of likely N-dealkylation sites (N-methyl/N-ethyl adjacent to an activating group) is 1. The van der Waals surface area contributed by atoms with Gasteiger partial charge in [-0.1, -0.05) is 6.08 Å². The fourth-order valence-electron chi connectivity index (χ4n) is 1.70. The van der Waals surface area contributed by atoms with Crippen LogP contribution in [-0.4, -0.2) is 47.1 Å². The number of allylic oxidation sites excluding steroid dienone is 1. The lowest BCUT2D eigenvalue weighted by Crippen LogP contribution is -2.35. The van der Waals surface area contributed by atoms with E-state index in [0.717, 1.165) is 10.9 Å². The number of rotatable bonds is 8. The second-order valence-electron chi connectivity index (χ2n) is 4.63. The minimum atomic E-state index is -0.448. The first kappa shape index (κ1) is 16.8. The van der Waals surface area contributed by atoms with Crippen molar-refractivity contribution in [2.24, 2.45) is 0 Å². The van der Waals surface area contributed by atoms with Crippen LogP contribution in [0.3, 0.4) is 0 Å². The first-order valence-corrected chi connectivity index (χ1v) is 7.19. The van der Waals surface area contributed by atoms with Gasteiger partial charge in [0.15, 0.2) is 0 Å². The Hall–Kier alpha value is -1.24. The van der Waals surface area contributed by atoms with Gasteiger partial charge in [0.1, 0.15) is 5.82 Å². The average Bonchev–Trinajstić information content (AvgIpc) is 2.38. The summed E-state index contributed by atoms with van der Waals surface area (Å²) in [4.78, 5) is 17.6. The van der Waals surface area contributed by atoms with Gasteiger partial charge in [0.05, 0.1) is 12.6 Å². The SMILES string of the molecule is C=CCCC(O)CN(C)CC(=O)Nc1ccc(Br)cn1. The molecule has 0 aliphatic heterocycles. The number of hydrogen-bond donors (Lipinski definition) is 2. The lowest BCUT2D eigenvalue weighted by atomic mass is 10.2. The highest BCUT2D eigenvalue weighted by atomic mass is 79.9. The third-order valence-corrected chi connectivity index (χ3v) is 3.10. The Morgan fingerprint density at radius 1 is 1.65 bits per heavy atom. The summed E-state index contributed by atoms with van der Waals surface area (Å²) in [6.45, 7) is 4.28. The minimum absolute atomic E-state index is 0.154. The van der Waals surface area contributed by atoms with E-state index in [9.17, 15) is 9.90 Å². The lowest BCUT2D eigenvalue weighted by Gasteiger charge is -2.19. The maximum atomic E-state index is 11.8. The van der Waals surface area contributed by atoms with E-state index in [-0.39, 0.29) is 12.5 Å². The molecule has 1 aromatic heterocycles. The average molecular weight is 342 g/mol. The van der Waals surface area contributed by atoms with Crippen LogP contribution in [0.25, 0.3) is 0 Å².